The molecule has 118 valence electrons. The van der Waals surface area contributed by atoms with Crippen molar-refractivity contribution < 1.29 is 5.11 Å². The molecule has 0 saturated carbocycles. The first kappa shape index (κ1) is 17.3. The van der Waals surface area contributed by atoms with Crippen molar-refractivity contribution in [3.63, 3.8) is 0 Å². The standard InChI is InChI=1S/C17H29N3O/c1-5-18-17(20-14(4)10-9-13(2)3)19-12-15-7-6-8-16(21)11-15/h6-8,11,13-14,21H,5,9-10,12H2,1-4H3,(H2,18,19,20). The van der Waals surface area contributed by atoms with Gasteiger partial charge in [-0.05, 0) is 50.3 Å². The van der Waals surface area contributed by atoms with E-state index in [1.165, 1.54) is 6.42 Å². The van der Waals surface area contributed by atoms with Crippen LogP contribution >= 0.6 is 0 Å². The molecule has 4 nitrogen and oxygen atoms in total. The normalized spacial score (nSPS) is 13.3. The number of aromatic hydroxyl groups is 1. The Kier molecular flexibility index (Phi) is 7.65. The molecule has 21 heavy (non-hydrogen) atoms. The molecular weight excluding hydrogens is 262 g/mol. The quantitative estimate of drug-likeness (QED) is 0.534. The summed E-state index contributed by atoms with van der Waals surface area (Å²) in [5, 5.41) is 16.2. The van der Waals surface area contributed by atoms with Crippen LogP contribution in [0.15, 0.2) is 29.3 Å². The average Bonchev–Trinajstić information content (AvgIpc) is 2.43. The first-order valence-corrected chi connectivity index (χ1v) is 7.84. The highest BCUT2D eigenvalue weighted by atomic mass is 16.3. The number of nitrogens with zero attached hydrogens (tertiary/aromatic N) is 1. The largest absolute Gasteiger partial charge is 0.508 e. The third kappa shape index (κ3) is 7.59. The number of benzene rings is 1. The molecule has 0 aliphatic carbocycles. The van der Waals surface area contributed by atoms with Crippen molar-refractivity contribution in [2.24, 2.45) is 10.9 Å². The van der Waals surface area contributed by atoms with Gasteiger partial charge in [-0.1, -0.05) is 26.0 Å². The lowest BCUT2D eigenvalue weighted by molar-refractivity contribution is 0.474. The number of aliphatic imine (C=N–C) groups is 1. The molecule has 1 unspecified atom stereocenters. The van der Waals surface area contributed by atoms with E-state index in [2.05, 4.69) is 43.3 Å². The van der Waals surface area contributed by atoms with Gasteiger partial charge >= 0.3 is 0 Å². The monoisotopic (exact) mass is 291 g/mol. The number of hydrogen-bond acceptors (Lipinski definition) is 2. The van der Waals surface area contributed by atoms with Gasteiger partial charge in [0.2, 0.25) is 0 Å². The van der Waals surface area contributed by atoms with Crippen molar-refractivity contribution in [3.05, 3.63) is 29.8 Å². The van der Waals surface area contributed by atoms with Crippen LogP contribution in [0, 0.1) is 5.92 Å². The van der Waals surface area contributed by atoms with Crippen molar-refractivity contribution in [1.29, 1.82) is 0 Å². The SMILES string of the molecule is CCNC(=NCc1cccc(O)c1)NC(C)CCC(C)C. The third-order valence-electron chi connectivity index (χ3n) is 3.23. The van der Waals surface area contributed by atoms with Crippen LogP contribution in [0.25, 0.3) is 0 Å². The number of phenols is 1. The molecule has 0 fully saturated rings. The first-order valence-electron chi connectivity index (χ1n) is 7.84. The minimum atomic E-state index is 0.283. The predicted octanol–water partition coefficient (Wildman–Crippen LogP) is 3.27. The molecular formula is C17H29N3O. The molecule has 1 rings (SSSR count). The van der Waals surface area contributed by atoms with Crippen LogP contribution in [0.4, 0.5) is 0 Å². The summed E-state index contributed by atoms with van der Waals surface area (Å²) in [6.45, 7) is 10.1. The lowest BCUT2D eigenvalue weighted by atomic mass is 10.0. The molecule has 1 aromatic carbocycles. The summed E-state index contributed by atoms with van der Waals surface area (Å²) in [5.41, 5.74) is 1.00. The molecule has 0 spiro atoms. The molecule has 0 amide bonds. The zero-order valence-corrected chi connectivity index (χ0v) is 13.7. The van der Waals surface area contributed by atoms with Crippen LogP contribution < -0.4 is 10.6 Å². The smallest absolute Gasteiger partial charge is 0.191 e. The lowest BCUT2D eigenvalue weighted by Gasteiger charge is -2.18. The number of nitrogens with one attached hydrogen (secondary N) is 2. The Morgan fingerprint density at radius 1 is 1.24 bits per heavy atom. The van der Waals surface area contributed by atoms with Crippen molar-refractivity contribution in [2.45, 2.75) is 53.1 Å². The summed E-state index contributed by atoms with van der Waals surface area (Å²) in [4.78, 5) is 4.58. The van der Waals surface area contributed by atoms with E-state index < -0.39 is 0 Å². The van der Waals surface area contributed by atoms with Crippen LogP contribution in [0.2, 0.25) is 0 Å². The second-order valence-corrected chi connectivity index (χ2v) is 5.88. The van der Waals surface area contributed by atoms with Crippen LogP contribution in [0.3, 0.4) is 0 Å². The van der Waals surface area contributed by atoms with Gasteiger partial charge in [0.15, 0.2) is 5.96 Å². The van der Waals surface area contributed by atoms with Crippen molar-refractivity contribution in [2.75, 3.05) is 6.54 Å². The number of guanidine groups is 1. The van der Waals surface area contributed by atoms with E-state index in [9.17, 15) is 5.11 Å². The number of phenolic OH excluding ortho intramolecular Hbond substituents is 1. The molecule has 0 aromatic heterocycles. The van der Waals surface area contributed by atoms with Crippen molar-refractivity contribution in [1.82, 2.24) is 10.6 Å². The van der Waals surface area contributed by atoms with Gasteiger partial charge in [-0.2, -0.15) is 0 Å². The lowest BCUT2D eigenvalue weighted by Crippen LogP contribution is -2.42. The second kappa shape index (κ2) is 9.27. The topological polar surface area (TPSA) is 56.7 Å². The Morgan fingerprint density at radius 3 is 2.62 bits per heavy atom. The Labute approximate surface area is 128 Å². The Balaban J connectivity index is 2.56. The van der Waals surface area contributed by atoms with E-state index in [1.807, 2.05) is 12.1 Å². The van der Waals surface area contributed by atoms with Gasteiger partial charge in [-0.3, -0.25) is 0 Å². The Bertz CT molecular complexity index is 443. The van der Waals surface area contributed by atoms with Crippen LogP contribution in [-0.4, -0.2) is 23.7 Å². The highest BCUT2D eigenvalue weighted by Crippen LogP contribution is 2.11. The average molecular weight is 291 g/mol. The summed E-state index contributed by atoms with van der Waals surface area (Å²) in [5.74, 6) is 1.84. The molecule has 0 radical (unpaired) electrons. The van der Waals surface area contributed by atoms with E-state index in [1.54, 1.807) is 12.1 Å². The fourth-order valence-electron chi connectivity index (χ4n) is 2.03. The molecule has 3 N–H and O–H groups in total. The number of rotatable bonds is 7. The summed E-state index contributed by atoms with van der Waals surface area (Å²) in [6.07, 6.45) is 2.34. The Hall–Kier alpha value is -1.71. The van der Waals surface area contributed by atoms with E-state index in [4.69, 9.17) is 0 Å². The van der Waals surface area contributed by atoms with E-state index in [-0.39, 0.29) is 5.75 Å². The van der Waals surface area contributed by atoms with Gasteiger partial charge in [0.1, 0.15) is 5.75 Å². The minimum absolute atomic E-state index is 0.283. The molecule has 1 atom stereocenters. The van der Waals surface area contributed by atoms with Crippen LogP contribution in [-0.2, 0) is 6.54 Å². The molecule has 0 aliphatic rings. The van der Waals surface area contributed by atoms with Crippen molar-refractivity contribution >= 4 is 5.96 Å². The Morgan fingerprint density at radius 2 is 2.00 bits per heavy atom. The van der Waals surface area contributed by atoms with Gasteiger partial charge in [0, 0.05) is 12.6 Å². The molecule has 4 heteroatoms. The fraction of sp³-hybridized carbons (Fsp3) is 0.588. The fourth-order valence-corrected chi connectivity index (χ4v) is 2.03. The predicted molar refractivity (Wildman–Crippen MR) is 89.6 cm³/mol. The number of hydrogen-bond donors (Lipinski definition) is 3. The van der Waals surface area contributed by atoms with Crippen LogP contribution in [0.5, 0.6) is 5.75 Å². The zero-order valence-electron chi connectivity index (χ0n) is 13.7. The van der Waals surface area contributed by atoms with Crippen molar-refractivity contribution in [3.8, 4) is 5.75 Å². The molecule has 1 aromatic rings. The molecule has 0 bridgehead atoms. The molecule has 0 heterocycles. The highest BCUT2D eigenvalue weighted by Gasteiger charge is 2.06. The second-order valence-electron chi connectivity index (χ2n) is 5.88. The highest BCUT2D eigenvalue weighted by molar-refractivity contribution is 5.80. The molecule has 0 aliphatic heterocycles. The molecule has 0 saturated heterocycles. The maximum absolute atomic E-state index is 9.47. The maximum atomic E-state index is 9.47. The summed E-state index contributed by atoms with van der Waals surface area (Å²) < 4.78 is 0. The zero-order chi connectivity index (χ0) is 15.7. The van der Waals surface area contributed by atoms with Gasteiger partial charge < -0.3 is 15.7 Å². The van der Waals surface area contributed by atoms with E-state index in [0.717, 1.165) is 30.4 Å². The maximum Gasteiger partial charge on any atom is 0.191 e. The first-order chi connectivity index (χ1) is 10.0. The third-order valence-corrected chi connectivity index (χ3v) is 3.23. The van der Waals surface area contributed by atoms with Gasteiger partial charge in [0.25, 0.3) is 0 Å². The summed E-state index contributed by atoms with van der Waals surface area (Å²) in [6, 6.07) is 7.62. The van der Waals surface area contributed by atoms with E-state index >= 15 is 0 Å². The van der Waals surface area contributed by atoms with Crippen LogP contribution in [0.1, 0.15) is 46.1 Å². The van der Waals surface area contributed by atoms with E-state index in [0.29, 0.717) is 12.6 Å². The summed E-state index contributed by atoms with van der Waals surface area (Å²) in [7, 11) is 0. The van der Waals surface area contributed by atoms with Gasteiger partial charge in [-0.15, -0.1) is 0 Å². The minimum Gasteiger partial charge on any atom is -0.508 e. The van der Waals surface area contributed by atoms with Gasteiger partial charge in [-0.25, -0.2) is 4.99 Å². The summed E-state index contributed by atoms with van der Waals surface area (Å²) >= 11 is 0. The van der Waals surface area contributed by atoms with Gasteiger partial charge in [0.05, 0.1) is 6.54 Å².